The second kappa shape index (κ2) is 3.67. The fraction of sp³-hybridized carbons (Fsp3) is 0.300. The van der Waals surface area contributed by atoms with E-state index in [0.29, 0.717) is 5.56 Å². The number of aryl methyl sites for hydroxylation is 1. The van der Waals surface area contributed by atoms with Crippen LogP contribution in [0.2, 0.25) is 0 Å². The van der Waals surface area contributed by atoms with Crippen molar-refractivity contribution in [2.75, 3.05) is 0 Å². The molecule has 0 radical (unpaired) electrons. The topological polar surface area (TPSA) is 83.6 Å². The highest BCUT2D eigenvalue weighted by molar-refractivity contribution is 5.75. The lowest BCUT2D eigenvalue weighted by atomic mass is 10.0. The van der Waals surface area contributed by atoms with Crippen molar-refractivity contribution in [2.45, 2.75) is 19.9 Å². The van der Waals surface area contributed by atoms with Crippen molar-refractivity contribution in [3.05, 3.63) is 28.8 Å². The minimum atomic E-state index is -1.10. The zero-order valence-corrected chi connectivity index (χ0v) is 8.11. The van der Waals surface area contributed by atoms with Crippen LogP contribution in [0.3, 0.4) is 0 Å². The maximum atomic E-state index is 10.6. The van der Waals surface area contributed by atoms with E-state index in [1.807, 2.05) is 0 Å². The van der Waals surface area contributed by atoms with Gasteiger partial charge < -0.3 is 15.9 Å². The Hall–Kier alpha value is -1.55. The Bertz CT molecular complexity index is 351. The van der Waals surface area contributed by atoms with E-state index in [4.69, 9.17) is 10.8 Å². The summed E-state index contributed by atoms with van der Waals surface area (Å²) in [5.74, 6) is -1.02. The quantitative estimate of drug-likeness (QED) is 0.659. The third-order valence-electron chi connectivity index (χ3n) is 2.29. The minimum absolute atomic E-state index is 0.0803. The average Bonchev–Trinajstić information content (AvgIpc) is 2.12. The maximum Gasteiger partial charge on any atom is 0.325 e. The Balaban J connectivity index is 3.19. The predicted molar refractivity (Wildman–Crippen MR) is 52.1 cm³/mol. The van der Waals surface area contributed by atoms with Crippen LogP contribution in [-0.2, 0) is 4.79 Å². The molecule has 0 aromatic heterocycles. The van der Waals surface area contributed by atoms with Gasteiger partial charge in [-0.2, -0.15) is 0 Å². The first kappa shape index (κ1) is 10.5. The van der Waals surface area contributed by atoms with Gasteiger partial charge in [-0.15, -0.1) is 0 Å². The summed E-state index contributed by atoms with van der Waals surface area (Å²) in [6.07, 6.45) is 0. The molecule has 1 atom stereocenters. The van der Waals surface area contributed by atoms with Crippen LogP contribution in [0.4, 0.5) is 0 Å². The first-order valence-corrected chi connectivity index (χ1v) is 4.22. The lowest BCUT2D eigenvalue weighted by Gasteiger charge is -2.10. The molecule has 0 aliphatic rings. The molecule has 0 amide bonds. The number of aliphatic carboxylic acids is 1. The number of carbonyl (C=O) groups is 1. The molecule has 0 aliphatic carbocycles. The van der Waals surface area contributed by atoms with Crippen molar-refractivity contribution in [3.8, 4) is 5.75 Å². The van der Waals surface area contributed by atoms with Gasteiger partial charge >= 0.3 is 5.97 Å². The number of hydrogen-bond acceptors (Lipinski definition) is 3. The van der Waals surface area contributed by atoms with Gasteiger partial charge in [0.2, 0.25) is 0 Å². The van der Waals surface area contributed by atoms with E-state index in [1.165, 1.54) is 6.07 Å². The molecule has 14 heavy (non-hydrogen) atoms. The molecule has 4 nitrogen and oxygen atoms in total. The van der Waals surface area contributed by atoms with Gasteiger partial charge in [0.1, 0.15) is 11.8 Å². The third kappa shape index (κ3) is 1.85. The number of phenolic OH excluding ortho intramolecular Hbond substituents is 1. The van der Waals surface area contributed by atoms with Crippen molar-refractivity contribution in [1.29, 1.82) is 0 Å². The molecule has 1 rings (SSSR count). The molecule has 0 heterocycles. The second-order valence-electron chi connectivity index (χ2n) is 3.30. The number of benzene rings is 1. The number of phenols is 1. The molecular formula is C10H13NO3. The molecule has 0 bridgehead atoms. The van der Waals surface area contributed by atoms with Crippen LogP contribution in [0.5, 0.6) is 5.75 Å². The highest BCUT2D eigenvalue weighted by Crippen LogP contribution is 2.24. The van der Waals surface area contributed by atoms with Crippen molar-refractivity contribution < 1.29 is 15.0 Å². The first-order valence-electron chi connectivity index (χ1n) is 4.22. The number of aromatic hydroxyl groups is 1. The predicted octanol–water partition coefficient (Wildman–Crippen LogP) is 1.09. The van der Waals surface area contributed by atoms with E-state index in [1.54, 1.807) is 19.9 Å². The zero-order chi connectivity index (χ0) is 10.9. The largest absolute Gasteiger partial charge is 0.508 e. The van der Waals surface area contributed by atoms with Crippen LogP contribution in [0, 0.1) is 13.8 Å². The summed E-state index contributed by atoms with van der Waals surface area (Å²) < 4.78 is 0. The molecule has 4 heteroatoms. The van der Waals surface area contributed by atoms with Crippen molar-refractivity contribution in [1.82, 2.24) is 0 Å². The van der Waals surface area contributed by atoms with Crippen LogP contribution >= 0.6 is 0 Å². The summed E-state index contributed by atoms with van der Waals surface area (Å²) in [5, 5.41) is 18.1. The van der Waals surface area contributed by atoms with Crippen molar-refractivity contribution >= 4 is 5.97 Å². The number of nitrogens with two attached hydrogens (primary N) is 1. The van der Waals surface area contributed by atoms with Gasteiger partial charge in [0.05, 0.1) is 0 Å². The van der Waals surface area contributed by atoms with Crippen molar-refractivity contribution in [2.24, 2.45) is 5.73 Å². The van der Waals surface area contributed by atoms with E-state index < -0.39 is 12.0 Å². The lowest BCUT2D eigenvalue weighted by molar-refractivity contribution is -0.138. The van der Waals surface area contributed by atoms with Crippen LogP contribution < -0.4 is 5.73 Å². The van der Waals surface area contributed by atoms with Gasteiger partial charge in [-0.05, 0) is 36.6 Å². The molecule has 76 valence electrons. The fourth-order valence-corrected chi connectivity index (χ4v) is 1.19. The SMILES string of the molecule is Cc1cc(C(N)C(=O)O)cc(O)c1C. The van der Waals surface area contributed by atoms with E-state index in [-0.39, 0.29) is 5.75 Å². The molecule has 0 saturated heterocycles. The van der Waals surface area contributed by atoms with Gasteiger partial charge in [-0.25, -0.2) is 0 Å². The highest BCUT2D eigenvalue weighted by atomic mass is 16.4. The molecule has 0 fully saturated rings. The summed E-state index contributed by atoms with van der Waals surface area (Å²) in [6.45, 7) is 3.56. The van der Waals surface area contributed by atoms with Gasteiger partial charge in [-0.3, -0.25) is 4.79 Å². The summed E-state index contributed by atoms with van der Waals surface area (Å²) in [7, 11) is 0. The van der Waals surface area contributed by atoms with E-state index in [0.717, 1.165) is 11.1 Å². The van der Waals surface area contributed by atoms with Gasteiger partial charge in [0, 0.05) is 0 Å². The Kier molecular flexibility index (Phi) is 2.76. The van der Waals surface area contributed by atoms with Gasteiger partial charge in [0.25, 0.3) is 0 Å². The average molecular weight is 195 g/mol. The smallest absolute Gasteiger partial charge is 0.325 e. The highest BCUT2D eigenvalue weighted by Gasteiger charge is 2.16. The van der Waals surface area contributed by atoms with Crippen LogP contribution in [0.25, 0.3) is 0 Å². The Morgan fingerprint density at radius 2 is 2.00 bits per heavy atom. The summed E-state index contributed by atoms with van der Waals surface area (Å²) in [6, 6.07) is 1.98. The number of rotatable bonds is 2. The molecule has 1 aromatic rings. The summed E-state index contributed by atoms with van der Waals surface area (Å²) >= 11 is 0. The Labute approximate surface area is 82.0 Å². The minimum Gasteiger partial charge on any atom is -0.508 e. The monoisotopic (exact) mass is 195 g/mol. The van der Waals surface area contributed by atoms with Gasteiger partial charge in [-0.1, -0.05) is 6.07 Å². The van der Waals surface area contributed by atoms with Crippen LogP contribution in [0.1, 0.15) is 22.7 Å². The normalized spacial score (nSPS) is 12.5. The lowest BCUT2D eigenvalue weighted by Crippen LogP contribution is -2.20. The van der Waals surface area contributed by atoms with Crippen LogP contribution in [-0.4, -0.2) is 16.2 Å². The molecular weight excluding hydrogens is 182 g/mol. The first-order chi connectivity index (χ1) is 6.43. The number of carboxylic acids is 1. The van der Waals surface area contributed by atoms with E-state index >= 15 is 0 Å². The van der Waals surface area contributed by atoms with Crippen LogP contribution in [0.15, 0.2) is 12.1 Å². The molecule has 1 aromatic carbocycles. The van der Waals surface area contributed by atoms with Gasteiger partial charge in [0.15, 0.2) is 0 Å². The third-order valence-corrected chi connectivity index (χ3v) is 2.29. The zero-order valence-electron chi connectivity index (χ0n) is 8.11. The Morgan fingerprint density at radius 3 is 2.43 bits per heavy atom. The van der Waals surface area contributed by atoms with Crippen molar-refractivity contribution in [3.63, 3.8) is 0 Å². The number of hydrogen-bond donors (Lipinski definition) is 3. The van der Waals surface area contributed by atoms with E-state index in [9.17, 15) is 9.90 Å². The maximum absolute atomic E-state index is 10.6. The van der Waals surface area contributed by atoms with E-state index in [2.05, 4.69) is 0 Å². The standard InChI is InChI=1S/C10H13NO3/c1-5-3-7(9(11)10(13)14)4-8(12)6(5)2/h3-4,9,12H,11H2,1-2H3,(H,13,14). The number of carboxylic acid groups (broad SMARTS) is 1. The molecule has 0 aliphatic heterocycles. The Morgan fingerprint density at radius 1 is 1.43 bits per heavy atom. The summed E-state index contributed by atoms with van der Waals surface area (Å²) in [5.41, 5.74) is 7.40. The molecule has 0 saturated carbocycles. The molecule has 1 unspecified atom stereocenters. The molecule has 0 spiro atoms. The summed E-state index contributed by atoms with van der Waals surface area (Å²) in [4.78, 5) is 10.6. The fourth-order valence-electron chi connectivity index (χ4n) is 1.19. The second-order valence-corrected chi connectivity index (χ2v) is 3.30. The molecule has 4 N–H and O–H groups in total.